The summed E-state index contributed by atoms with van der Waals surface area (Å²) >= 11 is 0. The smallest absolute Gasteiger partial charge is 0.261 e. The van der Waals surface area contributed by atoms with Gasteiger partial charge in [-0.2, -0.15) is 0 Å². The van der Waals surface area contributed by atoms with Crippen LogP contribution in [-0.2, 0) is 0 Å². The zero-order chi connectivity index (χ0) is 18.6. The van der Waals surface area contributed by atoms with E-state index in [2.05, 4.69) is 25.6 Å². The quantitative estimate of drug-likeness (QED) is 0.502. The van der Waals surface area contributed by atoms with Crippen LogP contribution in [0, 0.1) is 0 Å². The number of carbonyl (C=O) groups is 1. The minimum Gasteiger partial charge on any atom is -0.495 e. The molecule has 1 amide bonds. The van der Waals surface area contributed by atoms with Crippen LogP contribution in [0.15, 0.2) is 66.9 Å². The summed E-state index contributed by atoms with van der Waals surface area (Å²) in [5, 5.41) is 5.94. The molecule has 2 aromatic carbocycles. The molecule has 0 spiro atoms. The highest BCUT2D eigenvalue weighted by molar-refractivity contribution is 6.07. The molecule has 2 heterocycles. The Morgan fingerprint density at radius 2 is 1.85 bits per heavy atom. The number of pyridine rings is 1. The molecule has 0 aliphatic carbocycles. The van der Waals surface area contributed by atoms with Crippen LogP contribution in [0.4, 0.5) is 17.5 Å². The number of ether oxygens (including phenoxy) is 1. The molecule has 3 N–H and O–H groups in total. The van der Waals surface area contributed by atoms with E-state index >= 15 is 0 Å². The number of anilines is 3. The molecular formula is C20H17N5O2. The van der Waals surface area contributed by atoms with E-state index in [0.29, 0.717) is 23.1 Å². The van der Waals surface area contributed by atoms with E-state index in [-0.39, 0.29) is 5.91 Å². The number of hydrogen-bond acceptors (Lipinski definition) is 5. The third kappa shape index (κ3) is 3.43. The van der Waals surface area contributed by atoms with Crippen molar-refractivity contribution in [3.05, 3.63) is 72.4 Å². The van der Waals surface area contributed by atoms with Gasteiger partial charge in [0.25, 0.3) is 5.91 Å². The molecule has 0 aliphatic heterocycles. The Hall–Kier alpha value is -3.87. The summed E-state index contributed by atoms with van der Waals surface area (Å²) < 4.78 is 5.34. The Bertz CT molecular complexity index is 1070. The van der Waals surface area contributed by atoms with Gasteiger partial charge in [-0.05, 0) is 36.4 Å². The van der Waals surface area contributed by atoms with Crippen molar-refractivity contribution in [3.63, 3.8) is 0 Å². The minimum absolute atomic E-state index is 0.320. The number of imidazole rings is 1. The Morgan fingerprint density at radius 1 is 1.04 bits per heavy atom. The van der Waals surface area contributed by atoms with Gasteiger partial charge in [0.2, 0.25) is 5.95 Å². The zero-order valence-corrected chi connectivity index (χ0v) is 14.6. The van der Waals surface area contributed by atoms with Crippen molar-refractivity contribution in [3.8, 4) is 5.75 Å². The molecule has 7 heteroatoms. The van der Waals surface area contributed by atoms with E-state index in [4.69, 9.17) is 4.74 Å². The largest absolute Gasteiger partial charge is 0.495 e. The number of nitrogens with zero attached hydrogens (tertiary/aromatic N) is 2. The van der Waals surface area contributed by atoms with E-state index in [1.807, 2.05) is 48.5 Å². The van der Waals surface area contributed by atoms with Crippen LogP contribution in [0.2, 0.25) is 0 Å². The highest BCUT2D eigenvalue weighted by Crippen LogP contribution is 2.27. The van der Waals surface area contributed by atoms with Gasteiger partial charge >= 0.3 is 0 Å². The lowest BCUT2D eigenvalue weighted by Gasteiger charge is -2.13. The van der Waals surface area contributed by atoms with Crippen molar-refractivity contribution in [1.82, 2.24) is 15.0 Å². The fraction of sp³-hybridized carbons (Fsp3) is 0.0500. The van der Waals surface area contributed by atoms with Crippen LogP contribution in [-0.4, -0.2) is 28.0 Å². The number of nitrogens with one attached hydrogen (secondary N) is 3. The van der Waals surface area contributed by atoms with Gasteiger partial charge in [0.05, 0.1) is 29.4 Å². The van der Waals surface area contributed by atoms with Crippen molar-refractivity contribution in [2.45, 2.75) is 0 Å². The summed E-state index contributed by atoms with van der Waals surface area (Å²) in [6.45, 7) is 0. The first-order valence-corrected chi connectivity index (χ1v) is 8.36. The predicted molar refractivity (Wildman–Crippen MR) is 105 cm³/mol. The van der Waals surface area contributed by atoms with Crippen LogP contribution in [0.3, 0.4) is 0 Å². The third-order valence-corrected chi connectivity index (χ3v) is 4.03. The highest BCUT2D eigenvalue weighted by Gasteiger charge is 2.15. The number of aromatic nitrogens is 3. The van der Waals surface area contributed by atoms with Crippen LogP contribution >= 0.6 is 0 Å². The number of rotatable bonds is 5. The van der Waals surface area contributed by atoms with Crippen LogP contribution in [0.5, 0.6) is 5.75 Å². The van der Waals surface area contributed by atoms with Gasteiger partial charge < -0.3 is 15.0 Å². The van der Waals surface area contributed by atoms with Gasteiger partial charge in [-0.1, -0.05) is 24.3 Å². The molecule has 7 nitrogen and oxygen atoms in total. The first kappa shape index (κ1) is 16.6. The van der Waals surface area contributed by atoms with Crippen LogP contribution in [0.1, 0.15) is 10.4 Å². The molecule has 4 aromatic rings. The maximum atomic E-state index is 12.8. The number of para-hydroxylation sites is 4. The second-order valence-electron chi connectivity index (χ2n) is 5.78. The van der Waals surface area contributed by atoms with Gasteiger partial charge in [0, 0.05) is 6.20 Å². The normalized spacial score (nSPS) is 10.6. The molecule has 4 rings (SSSR count). The fourth-order valence-electron chi connectivity index (χ4n) is 2.75. The number of amides is 1. The summed E-state index contributed by atoms with van der Waals surface area (Å²) in [5.41, 5.74) is 2.75. The van der Waals surface area contributed by atoms with Crippen molar-refractivity contribution in [2.75, 3.05) is 17.7 Å². The molecule has 0 radical (unpaired) electrons. The maximum Gasteiger partial charge on any atom is 0.261 e. The monoisotopic (exact) mass is 359 g/mol. The average Bonchev–Trinajstić information content (AvgIpc) is 3.11. The molecule has 0 saturated carbocycles. The van der Waals surface area contributed by atoms with Crippen molar-refractivity contribution in [2.24, 2.45) is 0 Å². The SMILES string of the molecule is COc1ccccc1Nc1ncccc1C(=O)Nc1nc2ccccc2[nH]1. The van der Waals surface area contributed by atoms with E-state index in [1.165, 1.54) is 0 Å². The van der Waals surface area contributed by atoms with E-state index in [9.17, 15) is 4.79 Å². The van der Waals surface area contributed by atoms with E-state index < -0.39 is 0 Å². The lowest BCUT2D eigenvalue weighted by atomic mass is 10.2. The van der Waals surface area contributed by atoms with E-state index in [0.717, 1.165) is 16.7 Å². The Morgan fingerprint density at radius 3 is 2.70 bits per heavy atom. The van der Waals surface area contributed by atoms with Crippen molar-refractivity contribution >= 4 is 34.4 Å². The number of methoxy groups -OCH3 is 1. The average molecular weight is 359 g/mol. The molecule has 0 bridgehead atoms. The molecular weight excluding hydrogens is 342 g/mol. The summed E-state index contributed by atoms with van der Waals surface area (Å²) in [6.07, 6.45) is 1.62. The Labute approximate surface area is 155 Å². The number of carbonyl (C=O) groups excluding carboxylic acids is 1. The second kappa shape index (κ2) is 7.17. The summed E-state index contributed by atoms with van der Waals surface area (Å²) in [7, 11) is 1.59. The first-order chi connectivity index (χ1) is 13.2. The molecule has 0 unspecified atom stereocenters. The Balaban J connectivity index is 1.61. The Kier molecular flexibility index (Phi) is 4.40. The number of aromatic amines is 1. The molecule has 134 valence electrons. The van der Waals surface area contributed by atoms with Crippen molar-refractivity contribution in [1.29, 1.82) is 0 Å². The first-order valence-electron chi connectivity index (χ1n) is 8.36. The van der Waals surface area contributed by atoms with E-state index in [1.54, 1.807) is 25.4 Å². The van der Waals surface area contributed by atoms with Crippen LogP contribution in [0.25, 0.3) is 11.0 Å². The highest BCUT2D eigenvalue weighted by atomic mass is 16.5. The van der Waals surface area contributed by atoms with Gasteiger partial charge in [-0.3, -0.25) is 10.1 Å². The second-order valence-corrected chi connectivity index (χ2v) is 5.78. The molecule has 2 aromatic heterocycles. The lowest BCUT2D eigenvalue weighted by Crippen LogP contribution is -2.15. The van der Waals surface area contributed by atoms with Gasteiger partial charge in [-0.25, -0.2) is 9.97 Å². The van der Waals surface area contributed by atoms with Gasteiger partial charge in [-0.15, -0.1) is 0 Å². The standard InChI is InChI=1S/C20H17N5O2/c1-27-17-11-5-4-10-16(17)22-18-13(7-6-12-21-18)19(26)25-20-23-14-8-2-3-9-15(14)24-20/h2-12H,1H3,(H,21,22)(H2,23,24,25,26). The number of H-pyrrole nitrogens is 1. The summed E-state index contributed by atoms with van der Waals surface area (Å²) in [5.74, 6) is 1.15. The van der Waals surface area contributed by atoms with Crippen LogP contribution < -0.4 is 15.4 Å². The summed E-state index contributed by atoms with van der Waals surface area (Å²) in [4.78, 5) is 24.5. The van der Waals surface area contributed by atoms with Gasteiger partial charge in [0.15, 0.2) is 0 Å². The number of benzene rings is 2. The molecule has 0 atom stereocenters. The fourth-order valence-corrected chi connectivity index (χ4v) is 2.75. The molecule has 0 saturated heterocycles. The topological polar surface area (TPSA) is 91.9 Å². The molecule has 27 heavy (non-hydrogen) atoms. The predicted octanol–water partition coefficient (Wildman–Crippen LogP) is 3.96. The molecule has 0 aliphatic rings. The minimum atomic E-state index is -0.320. The molecule has 0 fully saturated rings. The maximum absolute atomic E-state index is 12.8. The third-order valence-electron chi connectivity index (χ3n) is 4.03. The van der Waals surface area contributed by atoms with Gasteiger partial charge in [0.1, 0.15) is 11.6 Å². The van der Waals surface area contributed by atoms with Crippen molar-refractivity contribution < 1.29 is 9.53 Å². The number of hydrogen-bond donors (Lipinski definition) is 3. The lowest BCUT2D eigenvalue weighted by molar-refractivity contribution is 0.102. The zero-order valence-electron chi connectivity index (χ0n) is 14.6. The summed E-state index contributed by atoms with van der Waals surface area (Å²) in [6, 6.07) is 18.4. The number of fused-ring (bicyclic) bond motifs is 1.